The van der Waals surface area contributed by atoms with E-state index in [4.69, 9.17) is 15.2 Å². The van der Waals surface area contributed by atoms with E-state index < -0.39 is 0 Å². The van der Waals surface area contributed by atoms with E-state index in [9.17, 15) is 0 Å². The minimum atomic E-state index is 0.498. The molecule has 0 aliphatic carbocycles. The van der Waals surface area contributed by atoms with Gasteiger partial charge in [0.1, 0.15) is 18.1 Å². The zero-order valence-electron chi connectivity index (χ0n) is 10.6. The highest BCUT2D eigenvalue weighted by Crippen LogP contribution is 2.23. The standard InChI is InChI=1S/C15H17NO2/c1-11-3-8-14(16)15(9-11)18-10-12-4-6-13(17-2)7-5-12/h3-9H,10,16H2,1-2H3. The second kappa shape index (κ2) is 5.45. The summed E-state index contributed by atoms with van der Waals surface area (Å²) in [7, 11) is 1.65. The number of benzene rings is 2. The molecule has 0 fully saturated rings. The second-order valence-electron chi connectivity index (χ2n) is 4.18. The highest BCUT2D eigenvalue weighted by Gasteiger charge is 2.01. The van der Waals surface area contributed by atoms with Crippen molar-refractivity contribution >= 4 is 5.69 Å². The van der Waals surface area contributed by atoms with Crippen LogP contribution in [-0.2, 0) is 6.61 Å². The summed E-state index contributed by atoms with van der Waals surface area (Å²) in [4.78, 5) is 0. The van der Waals surface area contributed by atoms with Gasteiger partial charge in [0, 0.05) is 0 Å². The summed E-state index contributed by atoms with van der Waals surface area (Å²) in [5, 5.41) is 0. The van der Waals surface area contributed by atoms with Crippen molar-refractivity contribution in [2.24, 2.45) is 0 Å². The van der Waals surface area contributed by atoms with Crippen LogP contribution in [0.1, 0.15) is 11.1 Å². The van der Waals surface area contributed by atoms with Crippen LogP contribution in [-0.4, -0.2) is 7.11 Å². The Balaban J connectivity index is 2.04. The maximum absolute atomic E-state index is 5.85. The zero-order chi connectivity index (χ0) is 13.0. The van der Waals surface area contributed by atoms with Crippen LogP contribution in [0.3, 0.4) is 0 Å². The van der Waals surface area contributed by atoms with Crippen LogP contribution in [0.2, 0.25) is 0 Å². The molecule has 2 aromatic rings. The third-order valence-electron chi connectivity index (χ3n) is 2.72. The number of ether oxygens (including phenoxy) is 2. The summed E-state index contributed by atoms with van der Waals surface area (Å²) in [6.45, 7) is 2.51. The molecule has 3 nitrogen and oxygen atoms in total. The Morgan fingerprint density at radius 1 is 1.06 bits per heavy atom. The molecule has 0 spiro atoms. The third-order valence-corrected chi connectivity index (χ3v) is 2.72. The van der Waals surface area contributed by atoms with E-state index in [1.54, 1.807) is 7.11 Å². The van der Waals surface area contributed by atoms with Crippen LogP contribution in [0.15, 0.2) is 42.5 Å². The molecule has 0 atom stereocenters. The minimum absolute atomic E-state index is 0.498. The van der Waals surface area contributed by atoms with Crippen LogP contribution in [0.4, 0.5) is 5.69 Å². The van der Waals surface area contributed by atoms with Crippen LogP contribution in [0.5, 0.6) is 11.5 Å². The number of methoxy groups -OCH3 is 1. The highest BCUT2D eigenvalue weighted by molar-refractivity contribution is 5.53. The van der Waals surface area contributed by atoms with Gasteiger partial charge >= 0.3 is 0 Å². The van der Waals surface area contributed by atoms with Gasteiger partial charge in [-0.15, -0.1) is 0 Å². The number of rotatable bonds is 4. The molecule has 0 aliphatic heterocycles. The first-order valence-corrected chi connectivity index (χ1v) is 5.81. The first kappa shape index (κ1) is 12.3. The molecule has 2 N–H and O–H groups in total. The Morgan fingerprint density at radius 2 is 1.78 bits per heavy atom. The summed E-state index contributed by atoms with van der Waals surface area (Å²) < 4.78 is 10.8. The SMILES string of the molecule is COc1ccc(COc2cc(C)ccc2N)cc1. The van der Waals surface area contributed by atoms with E-state index in [0.717, 1.165) is 22.6 Å². The van der Waals surface area contributed by atoms with Gasteiger partial charge < -0.3 is 15.2 Å². The Morgan fingerprint density at radius 3 is 2.44 bits per heavy atom. The second-order valence-corrected chi connectivity index (χ2v) is 4.18. The van der Waals surface area contributed by atoms with E-state index in [1.807, 2.05) is 49.4 Å². The highest BCUT2D eigenvalue weighted by atomic mass is 16.5. The summed E-state index contributed by atoms with van der Waals surface area (Å²) in [5.41, 5.74) is 8.73. The molecule has 0 radical (unpaired) electrons. The van der Waals surface area contributed by atoms with Gasteiger partial charge in [-0.3, -0.25) is 0 Å². The van der Waals surface area contributed by atoms with Gasteiger partial charge in [-0.2, -0.15) is 0 Å². The molecule has 0 bridgehead atoms. The van der Waals surface area contributed by atoms with Crippen LogP contribution in [0, 0.1) is 6.92 Å². The molecule has 0 aliphatic rings. The van der Waals surface area contributed by atoms with E-state index in [2.05, 4.69) is 0 Å². The number of anilines is 1. The van der Waals surface area contributed by atoms with E-state index in [-0.39, 0.29) is 0 Å². The Hall–Kier alpha value is -2.16. The molecule has 0 saturated heterocycles. The molecule has 0 saturated carbocycles. The molecule has 0 heterocycles. The van der Waals surface area contributed by atoms with Crippen molar-refractivity contribution in [3.8, 4) is 11.5 Å². The van der Waals surface area contributed by atoms with Crippen LogP contribution >= 0.6 is 0 Å². The normalized spacial score (nSPS) is 10.1. The fourth-order valence-electron chi connectivity index (χ4n) is 1.65. The molecule has 2 rings (SSSR count). The number of hydrogen-bond donors (Lipinski definition) is 1. The lowest BCUT2D eigenvalue weighted by Crippen LogP contribution is -1.99. The van der Waals surface area contributed by atoms with E-state index >= 15 is 0 Å². The van der Waals surface area contributed by atoms with Crippen LogP contribution < -0.4 is 15.2 Å². The monoisotopic (exact) mass is 243 g/mol. The van der Waals surface area contributed by atoms with Crippen molar-refractivity contribution in [2.45, 2.75) is 13.5 Å². The maximum Gasteiger partial charge on any atom is 0.142 e. The summed E-state index contributed by atoms with van der Waals surface area (Å²) in [6, 6.07) is 13.6. The van der Waals surface area contributed by atoms with Gasteiger partial charge in [0.05, 0.1) is 12.8 Å². The average molecular weight is 243 g/mol. The lowest BCUT2D eigenvalue weighted by atomic mass is 10.2. The Bertz CT molecular complexity index is 521. The van der Waals surface area contributed by atoms with Crippen LogP contribution in [0.25, 0.3) is 0 Å². The predicted octanol–water partition coefficient (Wildman–Crippen LogP) is 3.16. The molecule has 94 valence electrons. The Kier molecular flexibility index (Phi) is 3.72. The lowest BCUT2D eigenvalue weighted by molar-refractivity contribution is 0.307. The van der Waals surface area contributed by atoms with Crippen molar-refractivity contribution in [3.05, 3.63) is 53.6 Å². The first-order chi connectivity index (χ1) is 8.69. The summed E-state index contributed by atoms with van der Waals surface area (Å²) in [5.74, 6) is 1.57. The van der Waals surface area contributed by atoms with Gasteiger partial charge in [-0.25, -0.2) is 0 Å². The minimum Gasteiger partial charge on any atom is -0.497 e. The van der Waals surface area contributed by atoms with Crippen molar-refractivity contribution in [2.75, 3.05) is 12.8 Å². The zero-order valence-corrected chi connectivity index (χ0v) is 10.6. The molecule has 0 amide bonds. The molecule has 3 heteroatoms. The molecule has 0 unspecified atom stereocenters. The van der Waals surface area contributed by atoms with Gasteiger partial charge in [0.2, 0.25) is 0 Å². The third kappa shape index (κ3) is 2.94. The number of hydrogen-bond acceptors (Lipinski definition) is 3. The van der Waals surface area contributed by atoms with Gasteiger partial charge in [0.15, 0.2) is 0 Å². The van der Waals surface area contributed by atoms with Gasteiger partial charge in [0.25, 0.3) is 0 Å². The number of nitrogens with two attached hydrogens (primary N) is 1. The Labute approximate surface area is 107 Å². The molecular formula is C15H17NO2. The van der Waals surface area contributed by atoms with Crippen molar-refractivity contribution in [1.29, 1.82) is 0 Å². The summed E-state index contributed by atoms with van der Waals surface area (Å²) in [6.07, 6.45) is 0. The largest absolute Gasteiger partial charge is 0.497 e. The smallest absolute Gasteiger partial charge is 0.142 e. The molecule has 2 aromatic carbocycles. The van der Waals surface area contributed by atoms with Gasteiger partial charge in [-0.05, 0) is 42.3 Å². The van der Waals surface area contributed by atoms with Gasteiger partial charge in [-0.1, -0.05) is 18.2 Å². The number of nitrogen functional groups attached to an aromatic ring is 1. The number of aryl methyl sites for hydroxylation is 1. The lowest BCUT2D eigenvalue weighted by Gasteiger charge is -2.10. The quantitative estimate of drug-likeness (QED) is 0.839. The summed E-state index contributed by atoms with van der Waals surface area (Å²) >= 11 is 0. The van der Waals surface area contributed by atoms with Crippen molar-refractivity contribution in [1.82, 2.24) is 0 Å². The molecule has 0 aromatic heterocycles. The van der Waals surface area contributed by atoms with E-state index in [0.29, 0.717) is 12.3 Å². The average Bonchev–Trinajstić information content (AvgIpc) is 2.40. The molecule has 18 heavy (non-hydrogen) atoms. The topological polar surface area (TPSA) is 44.5 Å². The predicted molar refractivity (Wildman–Crippen MR) is 72.9 cm³/mol. The fraction of sp³-hybridized carbons (Fsp3) is 0.200. The van der Waals surface area contributed by atoms with E-state index in [1.165, 1.54) is 0 Å². The van der Waals surface area contributed by atoms with Crippen molar-refractivity contribution in [3.63, 3.8) is 0 Å². The van der Waals surface area contributed by atoms with Crippen molar-refractivity contribution < 1.29 is 9.47 Å². The first-order valence-electron chi connectivity index (χ1n) is 5.81. The molecular weight excluding hydrogens is 226 g/mol. The maximum atomic E-state index is 5.85. The fourth-order valence-corrected chi connectivity index (χ4v) is 1.65.